The lowest BCUT2D eigenvalue weighted by atomic mass is 9.74. The summed E-state index contributed by atoms with van der Waals surface area (Å²) in [4.78, 5) is 0. The second kappa shape index (κ2) is 17.0. The van der Waals surface area contributed by atoms with Gasteiger partial charge in [0, 0.05) is 38.3 Å². The van der Waals surface area contributed by atoms with Crippen molar-refractivity contribution in [1.29, 1.82) is 0 Å². The minimum atomic E-state index is -0.150. The van der Waals surface area contributed by atoms with Gasteiger partial charge in [-0.1, -0.05) is 206 Å². The average Bonchev–Trinajstić information content (AvgIpc) is 3.74. The molecule has 0 bridgehead atoms. The maximum absolute atomic E-state index is 2.52. The van der Waals surface area contributed by atoms with Crippen LogP contribution in [0.1, 0.15) is 22.3 Å². The molecule has 0 amide bonds. The fourth-order valence-corrected chi connectivity index (χ4v) is 14.1. The molecule has 2 aliphatic rings. The van der Waals surface area contributed by atoms with E-state index in [0.29, 0.717) is 0 Å². The molecule has 0 saturated carbocycles. The summed E-state index contributed by atoms with van der Waals surface area (Å²) in [6.45, 7) is 0. The molecular weight excluding hydrogens is 953 g/mol. The Kier molecular flexibility index (Phi) is 9.49. The maximum Gasteiger partial charge on any atom is 0.0541 e. The van der Waals surface area contributed by atoms with E-state index in [9.17, 15) is 0 Å². The van der Waals surface area contributed by atoms with Crippen molar-refractivity contribution >= 4 is 65.2 Å². The number of aromatic nitrogens is 2. The first-order valence-corrected chi connectivity index (χ1v) is 27.7. The van der Waals surface area contributed by atoms with Crippen molar-refractivity contribution in [2.75, 3.05) is 0 Å². The summed E-state index contributed by atoms with van der Waals surface area (Å²) in [5, 5.41) is 10.1. The van der Waals surface area contributed by atoms with Crippen molar-refractivity contribution in [3.8, 4) is 67.0 Å². The van der Waals surface area contributed by atoms with Gasteiger partial charge >= 0.3 is 0 Å². The van der Waals surface area contributed by atoms with E-state index in [1.165, 1.54) is 154 Å². The van der Waals surface area contributed by atoms with Gasteiger partial charge in [-0.2, -0.15) is 0 Å². The lowest BCUT2D eigenvalue weighted by molar-refractivity contribution is 0.564. The third-order valence-corrected chi connectivity index (χ3v) is 17.9. The molecular formula is C77H50N2. The summed E-state index contributed by atoms with van der Waals surface area (Å²) in [5.74, 6) is 0. The molecule has 0 unspecified atom stereocenters. The van der Waals surface area contributed by atoms with Gasteiger partial charge in [-0.05, 0) is 185 Å². The summed E-state index contributed by atoms with van der Waals surface area (Å²) in [6, 6.07) is 105. The molecule has 17 rings (SSSR count). The first-order valence-electron chi connectivity index (χ1n) is 27.7. The van der Waals surface area contributed by atoms with Gasteiger partial charge in [0.2, 0.25) is 0 Å². The van der Waals surface area contributed by atoms with Gasteiger partial charge in [-0.15, -0.1) is 0 Å². The first kappa shape index (κ1) is 44.1. The third-order valence-electron chi connectivity index (χ3n) is 17.9. The predicted octanol–water partition coefficient (Wildman–Crippen LogP) is 19.9. The number of fused-ring (bicyclic) bond motifs is 14. The van der Waals surface area contributed by atoms with Crippen molar-refractivity contribution in [1.82, 2.24) is 9.13 Å². The lowest BCUT2D eigenvalue weighted by Gasteiger charge is -2.27. The largest absolute Gasteiger partial charge is 0.309 e. The summed E-state index contributed by atoms with van der Waals surface area (Å²) >= 11 is 0. The highest BCUT2D eigenvalue weighted by Gasteiger charge is 2.47. The Balaban J connectivity index is 0.693. The van der Waals surface area contributed by atoms with E-state index < -0.39 is 0 Å². The van der Waals surface area contributed by atoms with E-state index in [0.717, 1.165) is 12.8 Å². The monoisotopic (exact) mass is 1000 g/mol. The van der Waals surface area contributed by atoms with E-state index in [1.807, 2.05) is 0 Å². The number of nitrogens with zero attached hydrogens (tertiary/aromatic N) is 2. The fraction of sp³-hybridized carbons (Fsp3) is 0.0390. The van der Waals surface area contributed by atoms with E-state index in [4.69, 9.17) is 0 Å². The van der Waals surface area contributed by atoms with Gasteiger partial charge in [0.15, 0.2) is 0 Å². The van der Waals surface area contributed by atoms with Crippen LogP contribution in [0, 0.1) is 0 Å². The van der Waals surface area contributed by atoms with Gasteiger partial charge in [0.25, 0.3) is 0 Å². The van der Waals surface area contributed by atoms with Crippen LogP contribution in [0.4, 0.5) is 0 Å². The summed E-state index contributed by atoms with van der Waals surface area (Å²) in [5.41, 5.74) is 25.5. The van der Waals surface area contributed by atoms with Crippen LogP contribution in [0.2, 0.25) is 0 Å². The predicted molar refractivity (Wildman–Crippen MR) is 332 cm³/mol. The Morgan fingerprint density at radius 1 is 0.241 bits per heavy atom. The topological polar surface area (TPSA) is 9.86 Å². The Morgan fingerprint density at radius 3 is 1.03 bits per heavy atom. The fourth-order valence-electron chi connectivity index (χ4n) is 14.1. The number of hydrogen-bond donors (Lipinski definition) is 0. The highest BCUT2D eigenvalue weighted by Crippen LogP contribution is 2.57. The minimum Gasteiger partial charge on any atom is -0.309 e. The molecule has 0 atom stereocenters. The number of benzene rings is 13. The third kappa shape index (κ3) is 6.78. The Morgan fingerprint density at radius 2 is 0.582 bits per heavy atom. The SMILES string of the molecule is c1ccc2c(c1)CC1(C2)c2cc(-c3ccc(-c4ccc5c(c4)c4ccccc4n5-c4ccc5ccccc5c4)cc3)ccc2-c2ccc(-c3ccc(-c4ccc5c(c4)c4ccccc4n5-c4ccc5ccccc5c4)cc3)cc21. The smallest absolute Gasteiger partial charge is 0.0541 e. The average molecular weight is 1000 g/mol. The zero-order valence-corrected chi connectivity index (χ0v) is 43.4. The van der Waals surface area contributed by atoms with Crippen LogP contribution < -0.4 is 0 Å². The van der Waals surface area contributed by atoms with Gasteiger partial charge in [0.05, 0.1) is 22.1 Å². The molecule has 79 heavy (non-hydrogen) atoms. The number of rotatable bonds is 6. The second-order valence-corrected chi connectivity index (χ2v) is 22.1. The van der Waals surface area contributed by atoms with Crippen LogP contribution in [0.25, 0.3) is 132 Å². The molecule has 0 radical (unpaired) electrons. The summed E-state index contributed by atoms with van der Waals surface area (Å²) in [6.07, 6.45) is 1.99. The maximum atomic E-state index is 2.52. The normalized spacial score (nSPS) is 13.3. The highest BCUT2D eigenvalue weighted by molar-refractivity contribution is 6.12. The van der Waals surface area contributed by atoms with Crippen LogP contribution in [-0.4, -0.2) is 9.13 Å². The standard InChI is InChI=1S/C77H50N2/c1-3-13-55-41-63(35-29-49(55)11-1)78-73-19-9-7-17-67(73)69-43-57(33-39-75(69)78)51-21-25-53(26-22-51)59-31-37-65-66-38-32-60(46-72(66)77(71(65)45-59)47-61-15-5-6-16-62(61)48-77)54-27-23-52(24-28-54)58-34-40-76-70(44-58)68-18-8-10-20-74(68)79(76)64-36-30-50-12-2-4-14-56(50)42-64/h1-46H,47-48H2. The molecule has 2 heteroatoms. The molecule has 1 spiro atoms. The zero-order chi connectivity index (χ0) is 51.8. The highest BCUT2D eigenvalue weighted by atomic mass is 15.0. The molecule has 2 aromatic heterocycles. The lowest BCUT2D eigenvalue weighted by Crippen LogP contribution is -2.26. The molecule has 0 N–H and O–H groups in total. The van der Waals surface area contributed by atoms with E-state index >= 15 is 0 Å². The zero-order valence-electron chi connectivity index (χ0n) is 43.4. The molecule has 0 aliphatic heterocycles. The van der Waals surface area contributed by atoms with Gasteiger partial charge in [-0.3, -0.25) is 0 Å². The molecule has 0 saturated heterocycles. The van der Waals surface area contributed by atoms with Crippen LogP contribution in [-0.2, 0) is 18.3 Å². The van der Waals surface area contributed by atoms with Crippen molar-refractivity contribution in [2.24, 2.45) is 0 Å². The number of para-hydroxylation sites is 2. The molecule has 2 heterocycles. The molecule has 13 aromatic carbocycles. The molecule has 15 aromatic rings. The van der Waals surface area contributed by atoms with E-state index in [1.54, 1.807) is 0 Å². The first-order chi connectivity index (χ1) is 39.1. The Labute approximate surface area is 458 Å². The molecule has 2 nitrogen and oxygen atoms in total. The van der Waals surface area contributed by atoms with Crippen molar-refractivity contribution in [3.63, 3.8) is 0 Å². The quantitative estimate of drug-likeness (QED) is 0.157. The van der Waals surface area contributed by atoms with Gasteiger partial charge in [0.1, 0.15) is 0 Å². The van der Waals surface area contributed by atoms with Crippen molar-refractivity contribution in [3.05, 3.63) is 301 Å². The summed E-state index contributed by atoms with van der Waals surface area (Å²) < 4.78 is 4.83. The number of hydrogen-bond acceptors (Lipinski definition) is 0. The molecule has 2 aliphatic carbocycles. The van der Waals surface area contributed by atoms with Crippen LogP contribution in [0.5, 0.6) is 0 Å². The van der Waals surface area contributed by atoms with Gasteiger partial charge < -0.3 is 9.13 Å². The Bertz CT molecular complexity index is 4690. The summed E-state index contributed by atoms with van der Waals surface area (Å²) in [7, 11) is 0. The van der Waals surface area contributed by atoms with E-state index in [-0.39, 0.29) is 5.41 Å². The van der Waals surface area contributed by atoms with Gasteiger partial charge in [-0.25, -0.2) is 0 Å². The van der Waals surface area contributed by atoms with Crippen LogP contribution in [0.15, 0.2) is 279 Å². The van der Waals surface area contributed by atoms with Crippen LogP contribution >= 0.6 is 0 Å². The van der Waals surface area contributed by atoms with E-state index in [2.05, 4.69) is 288 Å². The van der Waals surface area contributed by atoms with Crippen molar-refractivity contribution in [2.45, 2.75) is 18.3 Å². The van der Waals surface area contributed by atoms with Crippen LogP contribution in [0.3, 0.4) is 0 Å². The second-order valence-electron chi connectivity index (χ2n) is 22.1. The molecule has 368 valence electrons. The minimum absolute atomic E-state index is 0.150. The molecule has 0 fully saturated rings. The van der Waals surface area contributed by atoms with Crippen molar-refractivity contribution < 1.29 is 0 Å². The Hall–Kier alpha value is -10.0.